The molecular formula is C18H18ClN3O3. The molecule has 0 aromatic carbocycles. The van der Waals surface area contributed by atoms with Gasteiger partial charge >= 0.3 is 0 Å². The van der Waals surface area contributed by atoms with Crippen molar-refractivity contribution in [1.82, 2.24) is 14.8 Å². The van der Waals surface area contributed by atoms with Gasteiger partial charge in [-0.2, -0.15) is 5.10 Å². The summed E-state index contributed by atoms with van der Waals surface area (Å²) in [7, 11) is 0. The number of nitrogens with zero attached hydrogens (tertiary/aromatic N) is 3. The van der Waals surface area contributed by atoms with Gasteiger partial charge in [0.1, 0.15) is 16.5 Å². The number of carbonyl (C=O) groups excluding carboxylic acids is 2. The van der Waals surface area contributed by atoms with E-state index in [4.69, 9.17) is 11.6 Å². The molecule has 0 aliphatic heterocycles. The van der Waals surface area contributed by atoms with E-state index in [1.165, 1.54) is 6.20 Å². The van der Waals surface area contributed by atoms with Gasteiger partial charge in [-0.05, 0) is 17.0 Å². The lowest BCUT2D eigenvalue weighted by Crippen LogP contribution is -2.32. The highest BCUT2D eigenvalue weighted by molar-refractivity contribution is 6.29. The van der Waals surface area contributed by atoms with Gasteiger partial charge in [0.25, 0.3) is 0 Å². The van der Waals surface area contributed by atoms with E-state index in [0.29, 0.717) is 17.3 Å². The lowest BCUT2D eigenvalue weighted by molar-refractivity contribution is -0.127. The molecule has 0 amide bonds. The van der Waals surface area contributed by atoms with Crippen molar-refractivity contribution in [2.75, 3.05) is 0 Å². The molecule has 25 heavy (non-hydrogen) atoms. The molecule has 130 valence electrons. The molecule has 1 saturated carbocycles. The molecular weight excluding hydrogens is 342 g/mol. The monoisotopic (exact) mass is 359 g/mol. The Bertz CT molecular complexity index is 844. The lowest BCUT2D eigenvalue weighted by Gasteiger charge is -2.28. The molecule has 3 rings (SSSR count). The van der Waals surface area contributed by atoms with Crippen molar-refractivity contribution in [3.8, 4) is 0 Å². The fraction of sp³-hybridized carbons (Fsp3) is 0.333. The average molecular weight is 360 g/mol. The van der Waals surface area contributed by atoms with Gasteiger partial charge in [0.15, 0.2) is 11.6 Å². The molecule has 2 heterocycles. The number of allylic oxidation sites excluding steroid dienone is 1. The van der Waals surface area contributed by atoms with Crippen molar-refractivity contribution in [1.29, 1.82) is 0 Å². The highest BCUT2D eigenvalue weighted by Gasteiger charge is 2.38. The first kappa shape index (κ1) is 17.4. The number of Topliss-reactive ketones (excluding diaryl/α,β-unsaturated/α-hetero) is 2. The number of halogens is 1. The Morgan fingerprint density at radius 3 is 2.52 bits per heavy atom. The maximum Gasteiger partial charge on any atom is 0.170 e. The third kappa shape index (κ3) is 3.79. The standard InChI is InChI=1S/C18H18ClN3O3/c1-18(2)5-13(23)16(14(24)6-18)17(25)12-8-21-22(10-12)9-11-3-4-15(19)20-7-11/h3-4,7-8,10,25H,5-6,9H2,1-2H3. The number of aliphatic hydroxyl groups is 1. The van der Waals surface area contributed by atoms with Crippen LogP contribution in [-0.2, 0) is 16.1 Å². The van der Waals surface area contributed by atoms with Crippen molar-refractivity contribution in [2.45, 2.75) is 33.2 Å². The van der Waals surface area contributed by atoms with Crippen LogP contribution in [0.2, 0.25) is 5.15 Å². The first-order valence-corrected chi connectivity index (χ1v) is 8.26. The molecule has 0 unspecified atom stereocenters. The fourth-order valence-electron chi connectivity index (χ4n) is 2.93. The summed E-state index contributed by atoms with van der Waals surface area (Å²) in [6.45, 7) is 4.17. The van der Waals surface area contributed by atoms with Gasteiger partial charge in [0.05, 0.1) is 18.3 Å². The van der Waals surface area contributed by atoms with Gasteiger partial charge in [-0.25, -0.2) is 4.98 Å². The topological polar surface area (TPSA) is 85.1 Å². The van der Waals surface area contributed by atoms with Crippen LogP contribution in [0, 0.1) is 5.41 Å². The number of hydrogen-bond donors (Lipinski definition) is 1. The maximum absolute atomic E-state index is 12.3. The van der Waals surface area contributed by atoms with Gasteiger partial charge in [-0.15, -0.1) is 0 Å². The smallest absolute Gasteiger partial charge is 0.170 e. The zero-order chi connectivity index (χ0) is 18.2. The van der Waals surface area contributed by atoms with Gasteiger partial charge in [0, 0.05) is 25.2 Å². The van der Waals surface area contributed by atoms with E-state index in [2.05, 4.69) is 10.1 Å². The average Bonchev–Trinajstić information content (AvgIpc) is 2.96. The van der Waals surface area contributed by atoms with Crippen molar-refractivity contribution >= 4 is 28.9 Å². The largest absolute Gasteiger partial charge is 0.506 e. The zero-order valence-corrected chi connectivity index (χ0v) is 14.7. The SMILES string of the molecule is CC1(C)CC(=O)C(=C(O)c2cnn(Cc3ccc(Cl)nc3)c2)C(=O)C1. The molecule has 2 aromatic heterocycles. The third-order valence-electron chi connectivity index (χ3n) is 4.11. The van der Waals surface area contributed by atoms with E-state index < -0.39 is 0 Å². The Balaban J connectivity index is 1.85. The summed E-state index contributed by atoms with van der Waals surface area (Å²) < 4.78 is 1.60. The van der Waals surface area contributed by atoms with Crippen LogP contribution in [0.1, 0.15) is 37.8 Å². The van der Waals surface area contributed by atoms with Crippen LogP contribution in [0.5, 0.6) is 0 Å². The molecule has 0 saturated heterocycles. The van der Waals surface area contributed by atoms with E-state index in [1.807, 2.05) is 19.9 Å². The highest BCUT2D eigenvalue weighted by atomic mass is 35.5. The second kappa shape index (κ2) is 6.44. The molecule has 0 bridgehead atoms. The van der Waals surface area contributed by atoms with Crippen LogP contribution in [-0.4, -0.2) is 31.4 Å². The summed E-state index contributed by atoms with van der Waals surface area (Å²) >= 11 is 5.76. The molecule has 0 spiro atoms. The molecule has 1 aliphatic carbocycles. The number of pyridine rings is 1. The number of ketones is 2. The second-order valence-electron chi connectivity index (χ2n) is 7.00. The molecule has 1 fully saturated rings. The molecule has 0 radical (unpaired) electrons. The van der Waals surface area contributed by atoms with Gasteiger partial charge in [-0.1, -0.05) is 31.5 Å². The zero-order valence-electron chi connectivity index (χ0n) is 14.0. The fourth-order valence-corrected chi connectivity index (χ4v) is 3.04. The molecule has 7 heteroatoms. The first-order chi connectivity index (χ1) is 11.7. The van der Waals surface area contributed by atoms with E-state index in [0.717, 1.165) is 5.56 Å². The Hall–Kier alpha value is -2.47. The summed E-state index contributed by atoms with van der Waals surface area (Å²) in [6.07, 6.45) is 5.15. The number of carbonyl (C=O) groups is 2. The minimum absolute atomic E-state index is 0.118. The van der Waals surface area contributed by atoms with Crippen LogP contribution in [0.25, 0.3) is 5.76 Å². The molecule has 1 N–H and O–H groups in total. The quantitative estimate of drug-likeness (QED) is 0.393. The number of aromatic nitrogens is 3. The van der Waals surface area contributed by atoms with Crippen molar-refractivity contribution in [3.63, 3.8) is 0 Å². The second-order valence-corrected chi connectivity index (χ2v) is 7.39. The van der Waals surface area contributed by atoms with E-state index in [1.54, 1.807) is 23.1 Å². The van der Waals surface area contributed by atoms with Gasteiger partial charge < -0.3 is 5.11 Å². The van der Waals surface area contributed by atoms with Gasteiger partial charge in [-0.3, -0.25) is 14.3 Å². The summed E-state index contributed by atoms with van der Waals surface area (Å²) in [6, 6.07) is 3.51. The number of rotatable bonds is 3. The number of aliphatic hydroxyl groups excluding tert-OH is 1. The summed E-state index contributed by atoms with van der Waals surface area (Å²) in [5, 5.41) is 15.0. The minimum atomic E-state index is -0.371. The van der Waals surface area contributed by atoms with Crippen LogP contribution < -0.4 is 0 Å². The van der Waals surface area contributed by atoms with E-state index in [-0.39, 0.29) is 41.2 Å². The Labute approximate surface area is 150 Å². The normalized spacial score (nSPS) is 17.0. The molecule has 6 nitrogen and oxygen atoms in total. The lowest BCUT2D eigenvalue weighted by atomic mass is 9.73. The molecule has 2 aromatic rings. The van der Waals surface area contributed by atoms with Crippen molar-refractivity contribution in [3.05, 3.63) is 52.6 Å². The summed E-state index contributed by atoms with van der Waals surface area (Å²) in [5.74, 6) is -0.951. The Morgan fingerprint density at radius 2 is 1.92 bits per heavy atom. The molecule has 0 atom stereocenters. The van der Waals surface area contributed by atoms with Crippen LogP contribution in [0.4, 0.5) is 0 Å². The Kier molecular flexibility index (Phi) is 4.47. The minimum Gasteiger partial charge on any atom is -0.506 e. The van der Waals surface area contributed by atoms with E-state index >= 15 is 0 Å². The first-order valence-electron chi connectivity index (χ1n) is 7.88. The molecule has 1 aliphatic rings. The maximum atomic E-state index is 12.3. The van der Waals surface area contributed by atoms with Gasteiger partial charge in [0.2, 0.25) is 0 Å². The van der Waals surface area contributed by atoms with Crippen molar-refractivity contribution < 1.29 is 14.7 Å². The number of hydrogen-bond acceptors (Lipinski definition) is 5. The third-order valence-corrected chi connectivity index (χ3v) is 4.34. The van der Waals surface area contributed by atoms with Crippen LogP contribution >= 0.6 is 11.6 Å². The predicted octanol–water partition coefficient (Wildman–Crippen LogP) is 3.21. The Morgan fingerprint density at radius 1 is 1.24 bits per heavy atom. The summed E-state index contributed by atoms with van der Waals surface area (Å²) in [4.78, 5) is 28.6. The van der Waals surface area contributed by atoms with Crippen molar-refractivity contribution in [2.24, 2.45) is 5.41 Å². The predicted molar refractivity (Wildman–Crippen MR) is 93.2 cm³/mol. The highest BCUT2D eigenvalue weighted by Crippen LogP contribution is 2.35. The van der Waals surface area contributed by atoms with Crippen LogP contribution in [0.3, 0.4) is 0 Å². The summed E-state index contributed by atoms with van der Waals surface area (Å²) in [5.41, 5.74) is 0.743. The van der Waals surface area contributed by atoms with Crippen LogP contribution in [0.15, 0.2) is 36.3 Å². The van der Waals surface area contributed by atoms with E-state index in [9.17, 15) is 14.7 Å².